The molecule has 1 N–H and O–H groups in total. The second kappa shape index (κ2) is 10.7. The molecular formula is C26H29Cl2F3N4O2. The Morgan fingerprint density at radius 1 is 1.11 bits per heavy atom. The number of benzene rings is 2. The average molecular weight is 557 g/mol. The maximum absolute atomic E-state index is 14.3. The van der Waals surface area contributed by atoms with Crippen LogP contribution in [0.15, 0.2) is 35.5 Å². The second-order valence-electron chi connectivity index (χ2n) is 9.33. The molecule has 2 aliphatic rings. The van der Waals surface area contributed by atoms with Gasteiger partial charge < -0.3 is 20.0 Å². The van der Waals surface area contributed by atoms with Gasteiger partial charge in [0, 0.05) is 47.4 Å². The van der Waals surface area contributed by atoms with Gasteiger partial charge in [-0.1, -0.05) is 48.3 Å². The van der Waals surface area contributed by atoms with E-state index in [0.29, 0.717) is 25.2 Å². The Morgan fingerprint density at radius 3 is 2.32 bits per heavy atom. The third-order valence-corrected chi connectivity index (χ3v) is 7.42. The van der Waals surface area contributed by atoms with Crippen molar-refractivity contribution in [2.75, 3.05) is 26.2 Å². The van der Waals surface area contributed by atoms with E-state index in [-0.39, 0.29) is 27.4 Å². The molecule has 200 valence electrons. The summed E-state index contributed by atoms with van der Waals surface area (Å²) < 4.78 is 43.0. The standard InChI is InChI=1S/C26H29Cl2F3N4O2/c1-4-34(5-2)7-6-32-24(36)22-9-18-15-35(14-17(18)8-16(22)3)23-13-25(37-33-23,26(29,30)31)19-10-20(27)12-21(28)11-19/h8-12H,4-7,13-15H2,1-3H3,(H,32,36). The topological polar surface area (TPSA) is 57.2 Å². The van der Waals surface area contributed by atoms with Gasteiger partial charge in [0.05, 0.1) is 6.42 Å². The summed E-state index contributed by atoms with van der Waals surface area (Å²) in [5, 5.41) is 6.99. The first-order chi connectivity index (χ1) is 17.5. The van der Waals surface area contributed by atoms with Crippen LogP contribution in [0.2, 0.25) is 10.0 Å². The monoisotopic (exact) mass is 556 g/mol. The Balaban J connectivity index is 1.49. The Bertz CT molecular complexity index is 1200. The van der Waals surface area contributed by atoms with E-state index in [1.165, 1.54) is 18.2 Å². The molecule has 0 bridgehead atoms. The first-order valence-corrected chi connectivity index (χ1v) is 12.9. The highest BCUT2D eigenvalue weighted by Crippen LogP contribution is 2.50. The molecule has 11 heteroatoms. The largest absolute Gasteiger partial charge is 0.435 e. The Hall–Kier alpha value is -2.49. The van der Waals surface area contributed by atoms with Crippen LogP contribution in [0.4, 0.5) is 13.2 Å². The van der Waals surface area contributed by atoms with Crippen LogP contribution in [0.25, 0.3) is 0 Å². The lowest BCUT2D eigenvalue weighted by atomic mass is 9.89. The highest BCUT2D eigenvalue weighted by Gasteiger charge is 2.63. The Morgan fingerprint density at radius 2 is 1.73 bits per heavy atom. The quantitative estimate of drug-likeness (QED) is 0.462. The third-order valence-electron chi connectivity index (χ3n) is 6.99. The zero-order valence-corrected chi connectivity index (χ0v) is 22.4. The second-order valence-corrected chi connectivity index (χ2v) is 10.2. The molecule has 1 unspecified atom stereocenters. The minimum absolute atomic E-state index is 0.0788. The molecule has 0 radical (unpaired) electrons. The number of fused-ring (bicyclic) bond motifs is 1. The molecule has 0 fully saturated rings. The fraction of sp³-hybridized carbons (Fsp3) is 0.462. The zero-order chi connectivity index (χ0) is 27.0. The molecule has 1 amide bonds. The Labute approximate surface area is 224 Å². The normalized spacial score (nSPS) is 19.2. The molecule has 4 rings (SSSR count). The summed E-state index contributed by atoms with van der Waals surface area (Å²) in [6.45, 7) is 9.81. The van der Waals surface area contributed by atoms with Gasteiger partial charge in [0.15, 0.2) is 0 Å². The predicted molar refractivity (Wildman–Crippen MR) is 138 cm³/mol. The van der Waals surface area contributed by atoms with Gasteiger partial charge in [0.25, 0.3) is 11.5 Å². The molecule has 2 aromatic rings. The van der Waals surface area contributed by atoms with E-state index in [4.69, 9.17) is 28.0 Å². The van der Waals surface area contributed by atoms with Gasteiger partial charge in [0.2, 0.25) is 0 Å². The van der Waals surface area contributed by atoms with Crippen molar-refractivity contribution >= 4 is 34.9 Å². The van der Waals surface area contributed by atoms with Crippen molar-refractivity contribution in [3.05, 3.63) is 68.2 Å². The van der Waals surface area contributed by atoms with E-state index < -0.39 is 18.2 Å². The van der Waals surface area contributed by atoms with Crippen molar-refractivity contribution in [2.45, 2.75) is 52.1 Å². The van der Waals surface area contributed by atoms with Gasteiger partial charge in [-0.15, -0.1) is 0 Å². The summed E-state index contributed by atoms with van der Waals surface area (Å²) in [6, 6.07) is 7.50. The number of aryl methyl sites for hydroxylation is 1. The first-order valence-electron chi connectivity index (χ1n) is 12.1. The zero-order valence-electron chi connectivity index (χ0n) is 20.9. The SMILES string of the molecule is CCN(CC)CCNC(=O)c1cc2c(cc1C)CN(C1=NOC(c3cc(Cl)cc(Cl)c3)(C(F)(F)F)C1)C2. The molecule has 0 saturated heterocycles. The van der Waals surface area contributed by atoms with Crippen molar-refractivity contribution in [2.24, 2.45) is 5.16 Å². The van der Waals surface area contributed by atoms with Crippen molar-refractivity contribution < 1.29 is 22.8 Å². The molecule has 2 heterocycles. The first kappa shape index (κ1) is 27.5. The fourth-order valence-corrected chi connectivity index (χ4v) is 5.33. The van der Waals surface area contributed by atoms with Crippen LogP contribution in [-0.4, -0.2) is 53.9 Å². The van der Waals surface area contributed by atoms with Gasteiger partial charge in [-0.3, -0.25) is 4.79 Å². The van der Waals surface area contributed by atoms with Crippen molar-refractivity contribution in [3.8, 4) is 0 Å². The summed E-state index contributed by atoms with van der Waals surface area (Å²) >= 11 is 12.0. The van der Waals surface area contributed by atoms with E-state index >= 15 is 0 Å². The van der Waals surface area contributed by atoms with E-state index in [1.807, 2.05) is 19.1 Å². The maximum Gasteiger partial charge on any atom is 0.435 e. The van der Waals surface area contributed by atoms with Gasteiger partial charge >= 0.3 is 6.18 Å². The molecule has 0 spiro atoms. The number of amidine groups is 1. The number of halogens is 5. The number of carbonyl (C=O) groups excluding carboxylic acids is 1. The van der Waals surface area contributed by atoms with Crippen LogP contribution in [0.5, 0.6) is 0 Å². The van der Waals surface area contributed by atoms with Crippen LogP contribution in [0.1, 0.15) is 52.9 Å². The van der Waals surface area contributed by atoms with Gasteiger partial charge in [-0.2, -0.15) is 13.2 Å². The number of nitrogens with zero attached hydrogens (tertiary/aromatic N) is 3. The van der Waals surface area contributed by atoms with Crippen LogP contribution in [0, 0.1) is 6.92 Å². The molecule has 2 aliphatic heterocycles. The van der Waals surface area contributed by atoms with E-state index in [1.54, 1.807) is 4.90 Å². The van der Waals surface area contributed by atoms with Crippen LogP contribution >= 0.6 is 23.2 Å². The minimum atomic E-state index is -4.76. The lowest BCUT2D eigenvalue weighted by Gasteiger charge is -2.30. The summed E-state index contributed by atoms with van der Waals surface area (Å²) in [7, 11) is 0. The van der Waals surface area contributed by atoms with Crippen LogP contribution < -0.4 is 5.32 Å². The maximum atomic E-state index is 14.3. The summed E-state index contributed by atoms with van der Waals surface area (Å²) in [5.41, 5.74) is 0.296. The van der Waals surface area contributed by atoms with Crippen molar-refractivity contribution in [3.63, 3.8) is 0 Å². The molecule has 6 nitrogen and oxygen atoms in total. The van der Waals surface area contributed by atoms with E-state index in [0.717, 1.165) is 36.3 Å². The third kappa shape index (κ3) is 5.54. The minimum Gasteiger partial charge on any atom is -0.372 e. The van der Waals surface area contributed by atoms with Gasteiger partial charge in [0.1, 0.15) is 5.84 Å². The van der Waals surface area contributed by atoms with E-state index in [2.05, 4.69) is 29.2 Å². The molecule has 1 atom stereocenters. The number of likely N-dealkylation sites (N-methyl/N-ethyl adjacent to an activating group) is 1. The van der Waals surface area contributed by atoms with Crippen molar-refractivity contribution in [1.29, 1.82) is 0 Å². The summed E-state index contributed by atoms with van der Waals surface area (Å²) in [4.78, 5) is 21.9. The fourth-order valence-electron chi connectivity index (χ4n) is 4.81. The molecule has 0 saturated carbocycles. The number of carbonyl (C=O) groups is 1. The molecule has 0 aliphatic carbocycles. The van der Waals surface area contributed by atoms with Gasteiger partial charge in [-0.25, -0.2) is 0 Å². The average Bonchev–Trinajstić information content (AvgIpc) is 3.45. The number of hydrogen-bond acceptors (Lipinski definition) is 5. The smallest absolute Gasteiger partial charge is 0.372 e. The van der Waals surface area contributed by atoms with Crippen LogP contribution in [0.3, 0.4) is 0 Å². The molecule has 2 aromatic carbocycles. The Kier molecular flexibility index (Phi) is 7.97. The number of hydrogen-bond donors (Lipinski definition) is 1. The highest BCUT2D eigenvalue weighted by molar-refractivity contribution is 6.34. The number of rotatable bonds is 7. The number of amides is 1. The summed E-state index contributed by atoms with van der Waals surface area (Å²) in [6.07, 6.45) is -5.27. The number of alkyl halides is 3. The molecule has 0 aromatic heterocycles. The van der Waals surface area contributed by atoms with Crippen LogP contribution in [-0.2, 0) is 23.5 Å². The molecular weight excluding hydrogens is 528 g/mol. The number of nitrogens with one attached hydrogen (secondary N) is 1. The summed E-state index contributed by atoms with van der Waals surface area (Å²) in [5.74, 6) is 0.00821. The lowest BCUT2D eigenvalue weighted by molar-refractivity contribution is -0.275. The number of oxime groups is 1. The molecule has 37 heavy (non-hydrogen) atoms. The van der Waals surface area contributed by atoms with E-state index in [9.17, 15) is 18.0 Å². The predicted octanol–water partition coefficient (Wildman–Crippen LogP) is 5.88. The lowest BCUT2D eigenvalue weighted by Crippen LogP contribution is -2.43. The van der Waals surface area contributed by atoms with Gasteiger partial charge in [-0.05, 0) is 61.0 Å². The highest BCUT2D eigenvalue weighted by atomic mass is 35.5. The van der Waals surface area contributed by atoms with Crippen molar-refractivity contribution in [1.82, 2.24) is 15.1 Å².